The number of ether oxygens (including phenoxy) is 1. The van der Waals surface area contributed by atoms with Gasteiger partial charge in [0.25, 0.3) is 0 Å². The molecule has 1 rings (SSSR count). The molecule has 0 aliphatic rings. The number of alkyl carbamates (subject to hydrolysis) is 1. The van der Waals surface area contributed by atoms with Crippen LogP contribution in [0.3, 0.4) is 0 Å². The van der Waals surface area contributed by atoms with E-state index < -0.39 is 23.9 Å². The van der Waals surface area contributed by atoms with E-state index in [1.165, 1.54) is 0 Å². The lowest BCUT2D eigenvalue weighted by Gasteiger charge is -2.21. The Morgan fingerprint density at radius 1 is 1.36 bits per heavy atom. The Bertz CT molecular complexity index is 487. The average molecular weight is 327 g/mol. The largest absolute Gasteiger partial charge is 0.444 e. The van der Waals surface area contributed by atoms with E-state index in [9.17, 15) is 15.0 Å². The van der Waals surface area contributed by atoms with Crippen LogP contribution in [0.15, 0.2) is 24.3 Å². The third-order valence-electron chi connectivity index (χ3n) is 2.95. The van der Waals surface area contributed by atoms with Crippen LogP contribution in [-0.4, -0.2) is 34.6 Å². The Morgan fingerprint density at radius 3 is 2.64 bits per heavy atom. The van der Waals surface area contributed by atoms with Crippen LogP contribution in [0.25, 0.3) is 0 Å². The van der Waals surface area contributed by atoms with Crippen LogP contribution in [0.2, 0.25) is 0 Å². The van der Waals surface area contributed by atoms with E-state index in [1.54, 1.807) is 26.8 Å². The van der Waals surface area contributed by atoms with Gasteiger partial charge in [0.2, 0.25) is 0 Å². The predicted molar refractivity (Wildman–Crippen MR) is 89.0 cm³/mol. The van der Waals surface area contributed by atoms with Gasteiger partial charge < -0.3 is 20.3 Å². The van der Waals surface area contributed by atoms with Gasteiger partial charge in [0.05, 0.1) is 6.10 Å². The zero-order chi connectivity index (χ0) is 16.8. The molecular weight excluding hydrogens is 302 g/mol. The number of thiol groups is 1. The molecule has 0 aliphatic heterocycles. The van der Waals surface area contributed by atoms with Gasteiger partial charge in [-0.2, -0.15) is 12.6 Å². The minimum Gasteiger partial charge on any atom is -0.444 e. The maximum Gasteiger partial charge on any atom is 0.407 e. The Morgan fingerprint density at radius 2 is 2.05 bits per heavy atom. The highest BCUT2D eigenvalue weighted by Crippen LogP contribution is 2.20. The Hall–Kier alpha value is -1.24. The van der Waals surface area contributed by atoms with Crippen LogP contribution in [0.4, 0.5) is 4.79 Å². The van der Waals surface area contributed by atoms with Gasteiger partial charge in [0, 0.05) is 12.3 Å². The molecule has 22 heavy (non-hydrogen) atoms. The molecule has 6 heteroatoms. The summed E-state index contributed by atoms with van der Waals surface area (Å²) in [6.45, 7) is 5.55. The van der Waals surface area contributed by atoms with E-state index in [0.717, 1.165) is 5.56 Å². The van der Waals surface area contributed by atoms with E-state index in [-0.39, 0.29) is 13.0 Å². The van der Waals surface area contributed by atoms with E-state index in [2.05, 4.69) is 17.9 Å². The molecule has 0 heterocycles. The number of hydrogen-bond acceptors (Lipinski definition) is 5. The standard InChI is InChI=1S/C16H25NO4S/c1-16(2,3)21-15(20)17-8-7-13(18)14(19)12-6-4-5-11(9-12)10-22/h4-6,9,13-14,18-19,22H,7-8,10H2,1-3H3,(H,17,20). The molecule has 1 aromatic rings. The molecule has 3 N–H and O–H groups in total. The predicted octanol–water partition coefficient (Wildman–Crippen LogP) is 2.43. The number of nitrogens with one attached hydrogen (secondary N) is 1. The lowest BCUT2D eigenvalue weighted by atomic mass is 10.0. The molecular formula is C16H25NO4S. The number of carbonyl (C=O) groups is 1. The SMILES string of the molecule is CC(C)(C)OC(=O)NCCC(O)C(O)c1cccc(CS)c1. The Balaban J connectivity index is 2.44. The van der Waals surface area contributed by atoms with Gasteiger partial charge in [-0.1, -0.05) is 24.3 Å². The maximum absolute atomic E-state index is 11.5. The fourth-order valence-corrected chi connectivity index (χ4v) is 2.09. The smallest absolute Gasteiger partial charge is 0.407 e. The first-order chi connectivity index (χ1) is 10.2. The number of aliphatic hydroxyl groups excluding tert-OH is 2. The fraction of sp³-hybridized carbons (Fsp3) is 0.562. The highest BCUT2D eigenvalue weighted by molar-refractivity contribution is 7.79. The first-order valence-corrected chi connectivity index (χ1v) is 7.89. The van der Waals surface area contributed by atoms with Gasteiger partial charge in [-0.25, -0.2) is 4.79 Å². The van der Waals surface area contributed by atoms with Crippen molar-refractivity contribution >= 4 is 18.7 Å². The molecule has 1 amide bonds. The van der Waals surface area contributed by atoms with Gasteiger partial charge in [-0.15, -0.1) is 0 Å². The normalized spacial score (nSPS) is 14.3. The second kappa shape index (κ2) is 8.41. The third-order valence-corrected chi connectivity index (χ3v) is 3.31. The molecule has 5 nitrogen and oxygen atoms in total. The Kier molecular flexibility index (Phi) is 7.19. The Labute approximate surface area is 137 Å². The van der Waals surface area contributed by atoms with Crippen molar-refractivity contribution in [3.8, 4) is 0 Å². The van der Waals surface area contributed by atoms with Crippen LogP contribution in [0.1, 0.15) is 44.4 Å². The van der Waals surface area contributed by atoms with Crippen molar-refractivity contribution in [2.24, 2.45) is 0 Å². The molecule has 0 aliphatic carbocycles. The zero-order valence-corrected chi connectivity index (χ0v) is 14.1. The van der Waals surface area contributed by atoms with Crippen molar-refractivity contribution in [3.05, 3.63) is 35.4 Å². The van der Waals surface area contributed by atoms with Crippen molar-refractivity contribution in [2.45, 2.75) is 50.8 Å². The molecule has 0 saturated heterocycles. The van der Waals surface area contributed by atoms with Crippen molar-refractivity contribution < 1.29 is 19.7 Å². The molecule has 2 unspecified atom stereocenters. The van der Waals surface area contributed by atoms with E-state index >= 15 is 0 Å². The second-order valence-corrected chi connectivity index (χ2v) is 6.45. The first kappa shape index (κ1) is 18.8. The second-order valence-electron chi connectivity index (χ2n) is 6.13. The summed E-state index contributed by atoms with van der Waals surface area (Å²) in [6, 6.07) is 7.28. The number of hydrogen-bond donors (Lipinski definition) is 4. The number of amides is 1. The van der Waals surface area contributed by atoms with Gasteiger partial charge >= 0.3 is 6.09 Å². The highest BCUT2D eigenvalue weighted by atomic mass is 32.1. The van der Waals surface area contributed by atoms with Crippen molar-refractivity contribution in [1.29, 1.82) is 0 Å². The van der Waals surface area contributed by atoms with E-state index in [4.69, 9.17) is 4.74 Å². The molecule has 0 saturated carbocycles. The molecule has 0 fully saturated rings. The fourth-order valence-electron chi connectivity index (χ4n) is 1.89. The van der Waals surface area contributed by atoms with Gasteiger partial charge in [-0.05, 0) is 38.3 Å². The van der Waals surface area contributed by atoms with Gasteiger partial charge in [0.1, 0.15) is 11.7 Å². The molecule has 0 aromatic heterocycles. The van der Waals surface area contributed by atoms with Crippen molar-refractivity contribution in [2.75, 3.05) is 6.54 Å². The summed E-state index contributed by atoms with van der Waals surface area (Å²) >= 11 is 4.18. The van der Waals surface area contributed by atoms with E-state index in [1.807, 2.05) is 18.2 Å². The van der Waals surface area contributed by atoms with Crippen LogP contribution in [0, 0.1) is 0 Å². The number of carbonyl (C=O) groups excluding carboxylic acids is 1. The van der Waals surface area contributed by atoms with Crippen LogP contribution in [-0.2, 0) is 10.5 Å². The van der Waals surface area contributed by atoms with Crippen LogP contribution >= 0.6 is 12.6 Å². The minimum atomic E-state index is -1.000. The molecule has 0 bridgehead atoms. The molecule has 124 valence electrons. The van der Waals surface area contributed by atoms with Crippen molar-refractivity contribution in [1.82, 2.24) is 5.32 Å². The summed E-state index contributed by atoms with van der Waals surface area (Å²) < 4.78 is 5.09. The van der Waals surface area contributed by atoms with Crippen molar-refractivity contribution in [3.63, 3.8) is 0 Å². The maximum atomic E-state index is 11.5. The minimum absolute atomic E-state index is 0.222. The summed E-state index contributed by atoms with van der Waals surface area (Å²) in [4.78, 5) is 11.5. The molecule has 2 atom stereocenters. The lowest BCUT2D eigenvalue weighted by molar-refractivity contribution is 0.0123. The topological polar surface area (TPSA) is 78.8 Å². The first-order valence-electron chi connectivity index (χ1n) is 7.25. The monoisotopic (exact) mass is 327 g/mol. The third kappa shape index (κ3) is 6.68. The summed E-state index contributed by atoms with van der Waals surface area (Å²) in [5.74, 6) is 0.566. The number of aliphatic hydroxyl groups is 2. The van der Waals surface area contributed by atoms with Gasteiger partial charge in [-0.3, -0.25) is 0 Å². The summed E-state index contributed by atoms with van der Waals surface area (Å²) in [5.41, 5.74) is 1.05. The highest BCUT2D eigenvalue weighted by Gasteiger charge is 2.20. The molecule has 0 radical (unpaired) electrons. The zero-order valence-electron chi connectivity index (χ0n) is 13.2. The molecule has 0 spiro atoms. The summed E-state index contributed by atoms with van der Waals surface area (Å²) in [6.07, 6.45) is -2.28. The van der Waals surface area contributed by atoms with Crippen LogP contribution in [0.5, 0.6) is 0 Å². The quantitative estimate of drug-likeness (QED) is 0.605. The van der Waals surface area contributed by atoms with Gasteiger partial charge in [0.15, 0.2) is 0 Å². The van der Waals surface area contributed by atoms with E-state index in [0.29, 0.717) is 11.3 Å². The lowest BCUT2D eigenvalue weighted by Crippen LogP contribution is -2.34. The molecule has 1 aromatic carbocycles. The summed E-state index contributed by atoms with van der Waals surface area (Å²) in [7, 11) is 0. The average Bonchev–Trinajstić information content (AvgIpc) is 2.44. The van der Waals surface area contributed by atoms with Crippen LogP contribution < -0.4 is 5.32 Å². The summed E-state index contributed by atoms with van der Waals surface area (Å²) in [5, 5.41) is 22.7. The number of benzene rings is 1. The number of rotatable bonds is 6.